The third kappa shape index (κ3) is 5.75. The zero-order chi connectivity index (χ0) is 24.9. The number of nitrogens with one attached hydrogen (secondary N) is 2. The second-order valence-corrected chi connectivity index (χ2v) is 9.33. The summed E-state index contributed by atoms with van der Waals surface area (Å²) in [6.45, 7) is 7.12. The molecule has 35 heavy (non-hydrogen) atoms. The Morgan fingerprint density at radius 2 is 1.63 bits per heavy atom. The van der Waals surface area contributed by atoms with Gasteiger partial charge in [0, 0.05) is 30.3 Å². The lowest BCUT2D eigenvalue weighted by atomic mass is 9.88. The van der Waals surface area contributed by atoms with Crippen LogP contribution < -0.4 is 20.1 Å². The molecular weight excluding hydrogens is 446 g/mol. The third-order valence-corrected chi connectivity index (χ3v) is 6.80. The van der Waals surface area contributed by atoms with Crippen LogP contribution in [0.1, 0.15) is 59.4 Å². The smallest absolute Gasteiger partial charge is 0.253 e. The van der Waals surface area contributed by atoms with E-state index < -0.39 is 6.04 Å². The number of rotatable bonds is 7. The van der Waals surface area contributed by atoms with Gasteiger partial charge in [0.15, 0.2) is 11.5 Å². The Balaban J connectivity index is 1.44. The predicted octanol–water partition coefficient (Wildman–Crippen LogP) is 3.29. The molecule has 0 spiro atoms. The number of piperidine rings is 1. The molecule has 0 radical (unpaired) electrons. The van der Waals surface area contributed by atoms with Crippen LogP contribution in [0.25, 0.3) is 0 Å². The third-order valence-electron chi connectivity index (χ3n) is 6.80. The minimum Gasteiger partial charge on any atom is -0.454 e. The van der Waals surface area contributed by atoms with Crippen LogP contribution in [0.15, 0.2) is 42.5 Å². The van der Waals surface area contributed by atoms with Crippen LogP contribution in [0.4, 0.5) is 0 Å². The fourth-order valence-electron chi connectivity index (χ4n) is 4.41. The van der Waals surface area contributed by atoms with Crippen molar-refractivity contribution in [1.82, 2.24) is 15.5 Å². The van der Waals surface area contributed by atoms with E-state index in [0.29, 0.717) is 48.6 Å². The van der Waals surface area contributed by atoms with Gasteiger partial charge in [0.1, 0.15) is 6.04 Å². The number of carbonyl (C=O) groups is 3. The van der Waals surface area contributed by atoms with E-state index in [4.69, 9.17) is 9.47 Å². The molecule has 2 aromatic carbocycles. The highest BCUT2D eigenvalue weighted by atomic mass is 16.7. The number of amides is 3. The normalized spacial score (nSPS) is 16.9. The second-order valence-electron chi connectivity index (χ2n) is 9.33. The topological polar surface area (TPSA) is 97.0 Å². The van der Waals surface area contributed by atoms with Crippen LogP contribution in [-0.4, -0.2) is 54.6 Å². The molecule has 186 valence electrons. The Bertz CT molecular complexity index is 1080. The van der Waals surface area contributed by atoms with Crippen LogP contribution in [0, 0.1) is 12.8 Å². The Kier molecular flexibility index (Phi) is 7.58. The van der Waals surface area contributed by atoms with Gasteiger partial charge in [-0.1, -0.05) is 24.6 Å². The summed E-state index contributed by atoms with van der Waals surface area (Å²) in [5.41, 5.74) is 2.17. The van der Waals surface area contributed by atoms with E-state index in [1.165, 1.54) is 0 Å². The summed E-state index contributed by atoms with van der Waals surface area (Å²) in [5.74, 6) is 0.481. The summed E-state index contributed by atoms with van der Waals surface area (Å²) in [4.78, 5) is 41.0. The number of carbonyl (C=O) groups excluding carboxylic acids is 3. The van der Waals surface area contributed by atoms with Crippen LogP contribution in [0.2, 0.25) is 0 Å². The Morgan fingerprint density at radius 3 is 2.31 bits per heavy atom. The fourth-order valence-corrected chi connectivity index (χ4v) is 4.41. The molecule has 0 saturated carbocycles. The van der Waals surface area contributed by atoms with Gasteiger partial charge >= 0.3 is 0 Å². The van der Waals surface area contributed by atoms with E-state index in [2.05, 4.69) is 10.6 Å². The van der Waals surface area contributed by atoms with Crippen molar-refractivity contribution in [2.45, 2.75) is 52.1 Å². The fraction of sp³-hybridized carbons (Fsp3) is 0.444. The monoisotopic (exact) mass is 479 g/mol. The molecule has 0 unspecified atom stereocenters. The first-order valence-corrected chi connectivity index (χ1v) is 12.2. The number of hydrogen-bond acceptors (Lipinski definition) is 5. The molecule has 2 aliphatic heterocycles. The molecular formula is C27H33N3O5. The molecule has 8 nitrogen and oxygen atoms in total. The van der Waals surface area contributed by atoms with Gasteiger partial charge < -0.3 is 25.0 Å². The summed E-state index contributed by atoms with van der Waals surface area (Å²) >= 11 is 0. The number of ether oxygens (including phenoxy) is 2. The van der Waals surface area contributed by atoms with E-state index >= 15 is 0 Å². The van der Waals surface area contributed by atoms with Gasteiger partial charge in [-0.3, -0.25) is 14.4 Å². The zero-order valence-corrected chi connectivity index (χ0v) is 20.5. The number of likely N-dealkylation sites (tertiary alicyclic amines) is 1. The number of nitrogens with zero attached hydrogens (tertiary/aromatic N) is 1. The van der Waals surface area contributed by atoms with Crippen molar-refractivity contribution in [2.24, 2.45) is 5.92 Å². The standard InChI is InChI=1S/C27H33N3O5/c1-4-18(3)28-26(32)24(29-25(31)21-9-10-22-23(15-21)35-16-34-22)19-11-13-30(14-12-19)27(33)20-7-5-17(2)6-8-20/h5-10,15,18-19,24H,4,11-14,16H2,1-3H3,(H,28,32)(H,29,31)/t18-,24+/m1/s1. The van der Waals surface area contributed by atoms with Crippen molar-refractivity contribution in [1.29, 1.82) is 0 Å². The minimum absolute atomic E-state index is 0.00403. The quantitative estimate of drug-likeness (QED) is 0.635. The maximum absolute atomic E-state index is 13.2. The van der Waals surface area contributed by atoms with Crippen molar-refractivity contribution in [3.05, 3.63) is 59.2 Å². The molecule has 2 N–H and O–H groups in total. The van der Waals surface area contributed by atoms with Gasteiger partial charge in [-0.2, -0.15) is 0 Å². The average Bonchev–Trinajstić information content (AvgIpc) is 3.35. The first-order chi connectivity index (χ1) is 16.9. The number of benzene rings is 2. The summed E-state index contributed by atoms with van der Waals surface area (Å²) in [6.07, 6.45) is 2.04. The summed E-state index contributed by atoms with van der Waals surface area (Å²) in [6, 6.07) is 11.8. The zero-order valence-electron chi connectivity index (χ0n) is 20.5. The number of aryl methyl sites for hydroxylation is 1. The van der Waals surface area contributed by atoms with E-state index in [1.54, 1.807) is 18.2 Å². The van der Waals surface area contributed by atoms with Crippen LogP contribution in [0.3, 0.4) is 0 Å². The van der Waals surface area contributed by atoms with Crippen molar-refractivity contribution in [3.63, 3.8) is 0 Å². The van der Waals surface area contributed by atoms with Gasteiger partial charge in [0.2, 0.25) is 12.7 Å². The van der Waals surface area contributed by atoms with Gasteiger partial charge in [0.25, 0.3) is 11.8 Å². The highest BCUT2D eigenvalue weighted by Gasteiger charge is 2.34. The second kappa shape index (κ2) is 10.8. The Labute approximate surface area is 206 Å². The highest BCUT2D eigenvalue weighted by molar-refractivity contribution is 5.98. The van der Waals surface area contributed by atoms with Crippen molar-refractivity contribution < 1.29 is 23.9 Å². The molecule has 2 heterocycles. The Hall–Kier alpha value is -3.55. The van der Waals surface area contributed by atoms with Gasteiger partial charge in [-0.15, -0.1) is 0 Å². The SMILES string of the molecule is CC[C@@H](C)NC(=O)[C@@H](NC(=O)c1ccc2c(c1)OCO2)C1CCN(C(=O)c2ccc(C)cc2)CC1. The lowest BCUT2D eigenvalue weighted by Crippen LogP contribution is -2.55. The number of fused-ring (bicyclic) bond motifs is 1. The van der Waals surface area contributed by atoms with Crippen molar-refractivity contribution in [3.8, 4) is 11.5 Å². The van der Waals surface area contributed by atoms with Crippen molar-refractivity contribution >= 4 is 17.7 Å². The van der Waals surface area contributed by atoms with E-state index in [-0.39, 0.29) is 36.5 Å². The van der Waals surface area contributed by atoms with E-state index in [1.807, 2.05) is 49.9 Å². The molecule has 1 fully saturated rings. The molecule has 0 bridgehead atoms. The molecule has 0 aromatic heterocycles. The molecule has 3 amide bonds. The van der Waals surface area contributed by atoms with Crippen LogP contribution in [-0.2, 0) is 4.79 Å². The molecule has 2 aliphatic rings. The molecule has 1 saturated heterocycles. The van der Waals surface area contributed by atoms with Crippen LogP contribution >= 0.6 is 0 Å². The molecule has 4 rings (SSSR count). The molecule has 2 aromatic rings. The predicted molar refractivity (Wildman–Crippen MR) is 132 cm³/mol. The summed E-state index contributed by atoms with van der Waals surface area (Å²) in [7, 11) is 0. The van der Waals surface area contributed by atoms with E-state index in [0.717, 1.165) is 12.0 Å². The lowest BCUT2D eigenvalue weighted by molar-refractivity contribution is -0.125. The highest BCUT2D eigenvalue weighted by Crippen LogP contribution is 2.32. The number of hydrogen-bond donors (Lipinski definition) is 2. The van der Waals surface area contributed by atoms with E-state index in [9.17, 15) is 14.4 Å². The first kappa shape index (κ1) is 24.6. The molecule has 0 aliphatic carbocycles. The van der Waals surface area contributed by atoms with Gasteiger partial charge in [-0.25, -0.2) is 0 Å². The average molecular weight is 480 g/mol. The lowest BCUT2D eigenvalue weighted by Gasteiger charge is -2.36. The van der Waals surface area contributed by atoms with Crippen molar-refractivity contribution in [2.75, 3.05) is 19.9 Å². The minimum atomic E-state index is -0.696. The Morgan fingerprint density at radius 1 is 0.971 bits per heavy atom. The maximum Gasteiger partial charge on any atom is 0.253 e. The van der Waals surface area contributed by atoms with Gasteiger partial charge in [-0.05, 0) is 69.4 Å². The first-order valence-electron chi connectivity index (χ1n) is 12.2. The van der Waals surface area contributed by atoms with Crippen LogP contribution in [0.5, 0.6) is 11.5 Å². The van der Waals surface area contributed by atoms with Gasteiger partial charge in [0.05, 0.1) is 0 Å². The largest absolute Gasteiger partial charge is 0.454 e. The maximum atomic E-state index is 13.2. The molecule has 8 heteroatoms. The summed E-state index contributed by atoms with van der Waals surface area (Å²) in [5, 5.41) is 5.97. The molecule has 2 atom stereocenters. The summed E-state index contributed by atoms with van der Waals surface area (Å²) < 4.78 is 10.7.